The molecule has 2 nitrogen and oxygen atoms in total. The van der Waals surface area contributed by atoms with Crippen LogP contribution in [0.3, 0.4) is 0 Å². The Kier molecular flexibility index (Phi) is 9.50. The standard InChI is InChI=1S/C12H11O2S.C5H5.Fe/c13-9-10-5-4-8-12(10)15(14)11-6-2-1-3-7-11;1-2-4-5-3-1;/h1-8,13H,9H2;1-5H;/q;;+2/t15-;;/m1../s1. The topological polar surface area (TPSA) is 37.3 Å². The maximum absolute atomic E-state index is 12.1. The molecule has 1 aromatic rings. The van der Waals surface area contributed by atoms with Crippen molar-refractivity contribution in [3.8, 4) is 0 Å². The van der Waals surface area contributed by atoms with E-state index in [1.807, 2.05) is 68.9 Å². The van der Waals surface area contributed by atoms with Crippen LogP contribution in [0.25, 0.3) is 0 Å². The van der Waals surface area contributed by atoms with E-state index in [9.17, 15) is 4.21 Å². The summed E-state index contributed by atoms with van der Waals surface area (Å²) in [4.78, 5) is 0.762. The van der Waals surface area contributed by atoms with Gasteiger partial charge in [0, 0.05) is 10.8 Å². The Morgan fingerprint density at radius 2 is 1.43 bits per heavy atom. The van der Waals surface area contributed by atoms with E-state index in [0.29, 0.717) is 5.25 Å². The number of benzene rings is 1. The molecule has 0 spiro atoms. The number of hydrogen-bond acceptors (Lipinski definition) is 2. The molecule has 0 aliphatic heterocycles. The predicted octanol–water partition coefficient (Wildman–Crippen LogP) is 2.54. The van der Waals surface area contributed by atoms with Crippen LogP contribution in [0.15, 0.2) is 35.2 Å². The van der Waals surface area contributed by atoms with Crippen molar-refractivity contribution in [1.29, 1.82) is 0 Å². The summed E-state index contributed by atoms with van der Waals surface area (Å²) in [5, 5.41) is 9.77. The Labute approximate surface area is 141 Å². The molecule has 2 aliphatic carbocycles. The van der Waals surface area contributed by atoms with Gasteiger partial charge in [0.25, 0.3) is 0 Å². The Morgan fingerprint density at radius 1 is 0.857 bits per heavy atom. The summed E-state index contributed by atoms with van der Waals surface area (Å²) in [6, 6.07) is 9.25. The van der Waals surface area contributed by atoms with E-state index in [1.165, 1.54) is 0 Å². The summed E-state index contributed by atoms with van der Waals surface area (Å²) in [6.07, 6.45) is 15.4. The third kappa shape index (κ3) is 5.86. The third-order valence-corrected chi connectivity index (χ3v) is 4.24. The molecule has 10 radical (unpaired) electrons. The molecule has 2 fully saturated rings. The number of hydrogen-bond donors (Lipinski definition) is 1. The molecule has 3 rings (SSSR count). The van der Waals surface area contributed by atoms with Crippen molar-refractivity contribution < 1.29 is 26.4 Å². The van der Waals surface area contributed by atoms with Gasteiger partial charge >= 0.3 is 17.1 Å². The van der Waals surface area contributed by atoms with Crippen molar-refractivity contribution in [1.82, 2.24) is 0 Å². The first-order chi connectivity index (χ1) is 9.83. The maximum Gasteiger partial charge on any atom is 2.00 e. The quantitative estimate of drug-likeness (QED) is 0.859. The van der Waals surface area contributed by atoms with Gasteiger partial charge in [0.05, 0.1) is 22.7 Å². The zero-order chi connectivity index (χ0) is 14.2. The fourth-order valence-electron chi connectivity index (χ4n) is 1.74. The molecule has 1 aromatic carbocycles. The molecule has 0 bridgehead atoms. The molecule has 4 heteroatoms. The predicted molar refractivity (Wildman–Crippen MR) is 80.8 cm³/mol. The van der Waals surface area contributed by atoms with Crippen molar-refractivity contribution in [2.24, 2.45) is 0 Å². The van der Waals surface area contributed by atoms with Crippen LogP contribution in [0.2, 0.25) is 0 Å². The van der Waals surface area contributed by atoms with Crippen LogP contribution in [0.4, 0.5) is 0 Å². The van der Waals surface area contributed by atoms with Gasteiger partial charge in [0.2, 0.25) is 0 Å². The van der Waals surface area contributed by atoms with Gasteiger partial charge in [-0.05, 0) is 63.5 Å². The minimum absolute atomic E-state index is 0. The summed E-state index contributed by atoms with van der Waals surface area (Å²) in [7, 11) is -1.19. The normalized spacial score (nSPS) is 20.4. The fraction of sp³-hybridized carbons (Fsp3) is 0.0588. The summed E-state index contributed by atoms with van der Waals surface area (Å²) < 4.78 is 12.1. The third-order valence-electron chi connectivity index (χ3n) is 2.74. The fourth-order valence-corrected chi connectivity index (χ4v) is 2.98. The van der Waals surface area contributed by atoms with Crippen LogP contribution in [-0.2, 0) is 27.9 Å². The van der Waals surface area contributed by atoms with E-state index in [1.54, 1.807) is 12.8 Å². The van der Waals surface area contributed by atoms with Crippen LogP contribution in [0.5, 0.6) is 0 Å². The molecule has 0 saturated heterocycles. The molecule has 0 amide bonds. The molecular formula is C17H16FeO2S+2. The molecule has 1 N–H and O–H groups in total. The largest absolute Gasteiger partial charge is 2.00 e. The maximum atomic E-state index is 12.1. The Hall–Kier alpha value is -0.151. The van der Waals surface area contributed by atoms with Gasteiger partial charge in [-0.2, -0.15) is 0 Å². The zero-order valence-electron chi connectivity index (χ0n) is 11.3. The van der Waals surface area contributed by atoms with Crippen LogP contribution in [-0.4, -0.2) is 15.9 Å². The molecule has 108 valence electrons. The molecule has 0 unspecified atom stereocenters. The van der Waals surface area contributed by atoms with Crippen LogP contribution < -0.4 is 0 Å². The van der Waals surface area contributed by atoms with E-state index in [2.05, 4.69) is 0 Å². The van der Waals surface area contributed by atoms with Crippen LogP contribution in [0, 0.1) is 62.5 Å². The monoisotopic (exact) mass is 340 g/mol. The minimum Gasteiger partial charge on any atom is -0.396 e. The molecular weight excluding hydrogens is 324 g/mol. The summed E-state index contributed by atoms with van der Waals surface area (Å²) in [5.41, 5.74) is 0. The molecule has 2 aliphatic rings. The van der Waals surface area contributed by atoms with Crippen molar-refractivity contribution in [2.45, 2.75) is 4.90 Å². The van der Waals surface area contributed by atoms with Crippen LogP contribution >= 0.6 is 0 Å². The second-order valence-electron chi connectivity index (χ2n) is 4.12. The van der Waals surface area contributed by atoms with E-state index in [4.69, 9.17) is 5.11 Å². The Bertz CT molecular complexity index is 399. The Morgan fingerprint density at radius 3 is 1.95 bits per heavy atom. The van der Waals surface area contributed by atoms with Crippen molar-refractivity contribution in [2.75, 3.05) is 6.61 Å². The SMILES string of the molecule is O=[S@@]([C]1[CH][CH][CH][C]1CO)c1ccccc1.[CH]1[CH][CH][CH][CH]1.[Fe+2]. The van der Waals surface area contributed by atoms with Crippen molar-refractivity contribution in [3.05, 3.63) is 92.9 Å². The summed E-state index contributed by atoms with van der Waals surface area (Å²) in [5.74, 6) is 0.734. The molecule has 0 heterocycles. The van der Waals surface area contributed by atoms with E-state index in [-0.39, 0.29) is 23.7 Å². The second kappa shape index (κ2) is 10.6. The van der Waals surface area contributed by atoms with Gasteiger partial charge in [-0.3, -0.25) is 4.21 Å². The second-order valence-corrected chi connectivity index (χ2v) is 5.57. The number of rotatable bonds is 3. The van der Waals surface area contributed by atoms with E-state index < -0.39 is 10.8 Å². The van der Waals surface area contributed by atoms with Gasteiger partial charge in [-0.15, -0.1) is 0 Å². The van der Waals surface area contributed by atoms with Crippen molar-refractivity contribution in [3.63, 3.8) is 0 Å². The molecule has 1 atom stereocenters. The first-order valence-electron chi connectivity index (χ1n) is 6.32. The van der Waals surface area contributed by atoms with E-state index in [0.717, 1.165) is 10.8 Å². The summed E-state index contributed by atoms with van der Waals surface area (Å²) >= 11 is 0. The van der Waals surface area contributed by atoms with Gasteiger partial charge in [0.15, 0.2) is 0 Å². The van der Waals surface area contributed by atoms with Gasteiger partial charge in [-0.1, -0.05) is 18.2 Å². The minimum atomic E-state index is -1.19. The zero-order valence-corrected chi connectivity index (χ0v) is 13.3. The van der Waals surface area contributed by atoms with Gasteiger partial charge in [0.1, 0.15) is 0 Å². The first kappa shape index (κ1) is 18.9. The number of aliphatic hydroxyl groups excluding tert-OH is 1. The van der Waals surface area contributed by atoms with E-state index >= 15 is 0 Å². The number of aliphatic hydroxyl groups is 1. The van der Waals surface area contributed by atoms with Gasteiger partial charge in [-0.25, -0.2) is 0 Å². The van der Waals surface area contributed by atoms with Crippen molar-refractivity contribution >= 4 is 10.8 Å². The molecule has 21 heavy (non-hydrogen) atoms. The first-order valence-corrected chi connectivity index (χ1v) is 7.47. The Balaban J connectivity index is 0.000000313. The summed E-state index contributed by atoms with van der Waals surface area (Å²) in [6.45, 7) is -0.0685. The smallest absolute Gasteiger partial charge is 0.396 e. The van der Waals surface area contributed by atoms with Crippen LogP contribution in [0.1, 0.15) is 0 Å². The van der Waals surface area contributed by atoms with Gasteiger partial charge < -0.3 is 5.11 Å². The average Bonchev–Trinajstić information content (AvgIpc) is 3.21. The molecule has 2 saturated carbocycles. The molecule has 0 aromatic heterocycles. The average molecular weight is 340 g/mol.